The fourth-order valence-corrected chi connectivity index (χ4v) is 4.90. The summed E-state index contributed by atoms with van der Waals surface area (Å²) in [5, 5.41) is 3.02. The predicted molar refractivity (Wildman–Crippen MR) is 107 cm³/mol. The van der Waals surface area contributed by atoms with Gasteiger partial charge in [-0.3, -0.25) is 4.79 Å². The topological polar surface area (TPSA) is 84.3 Å². The van der Waals surface area contributed by atoms with Crippen LogP contribution in [0.5, 0.6) is 0 Å². The van der Waals surface area contributed by atoms with E-state index in [2.05, 4.69) is 22.4 Å². The quantitative estimate of drug-likeness (QED) is 0.683. The fraction of sp³-hybridized carbons (Fsp3) is 0.500. The third-order valence-electron chi connectivity index (χ3n) is 5.12. The lowest BCUT2D eigenvalue weighted by Gasteiger charge is -2.30. The highest BCUT2D eigenvalue weighted by Gasteiger charge is 2.34. The molecule has 152 valence electrons. The molecule has 0 bridgehead atoms. The van der Waals surface area contributed by atoms with Gasteiger partial charge in [0, 0.05) is 32.4 Å². The highest BCUT2D eigenvalue weighted by Crippen LogP contribution is 2.23. The Bertz CT molecular complexity index is 880. The molecule has 1 unspecified atom stereocenters. The van der Waals surface area contributed by atoms with Crippen molar-refractivity contribution in [2.24, 2.45) is 5.92 Å². The Morgan fingerprint density at radius 3 is 2.79 bits per heavy atom. The number of carbonyl (C=O) groups is 1. The molecule has 28 heavy (non-hydrogen) atoms. The molecular weight excluding hydrogens is 376 g/mol. The molecule has 0 aliphatic carbocycles. The first-order chi connectivity index (χ1) is 13.5. The molecule has 1 amide bonds. The first kappa shape index (κ1) is 20.5. The minimum Gasteiger partial charge on any atom is -0.356 e. The van der Waals surface area contributed by atoms with Gasteiger partial charge in [0.15, 0.2) is 5.03 Å². The summed E-state index contributed by atoms with van der Waals surface area (Å²) < 4.78 is 28.8. The summed E-state index contributed by atoms with van der Waals surface area (Å²) >= 11 is 0. The molecule has 3 rings (SSSR count). The molecule has 1 fully saturated rings. The first-order valence-corrected chi connectivity index (χ1v) is 11.3. The molecule has 1 aromatic carbocycles. The van der Waals surface area contributed by atoms with E-state index < -0.39 is 10.0 Å². The van der Waals surface area contributed by atoms with E-state index >= 15 is 0 Å². The molecule has 1 aliphatic rings. The number of aromatic nitrogens is 2. The number of amides is 1. The molecule has 0 radical (unpaired) electrons. The number of nitrogens with one attached hydrogen (secondary N) is 1. The van der Waals surface area contributed by atoms with Crippen LogP contribution in [0.3, 0.4) is 0 Å². The number of hydrogen-bond acceptors (Lipinski definition) is 4. The maximum atomic E-state index is 12.8. The maximum Gasteiger partial charge on any atom is 0.262 e. The van der Waals surface area contributed by atoms with Crippen LogP contribution >= 0.6 is 0 Å². The molecule has 0 saturated carbocycles. The smallest absolute Gasteiger partial charge is 0.262 e. The zero-order valence-corrected chi connectivity index (χ0v) is 17.1. The van der Waals surface area contributed by atoms with Gasteiger partial charge in [0.05, 0.1) is 12.2 Å². The average molecular weight is 405 g/mol. The average Bonchev–Trinajstić information content (AvgIpc) is 3.22. The molecule has 8 heteroatoms. The summed E-state index contributed by atoms with van der Waals surface area (Å²) in [5.74, 6) is -0.374. The number of piperidine rings is 1. The lowest BCUT2D eigenvalue weighted by molar-refractivity contribution is -0.126. The molecule has 0 spiro atoms. The van der Waals surface area contributed by atoms with Crippen molar-refractivity contribution in [1.82, 2.24) is 19.2 Å². The molecule has 1 aromatic heterocycles. The monoisotopic (exact) mass is 404 g/mol. The minimum atomic E-state index is -3.66. The van der Waals surface area contributed by atoms with Crippen LogP contribution in [0.25, 0.3) is 0 Å². The van der Waals surface area contributed by atoms with Gasteiger partial charge in [-0.1, -0.05) is 30.3 Å². The summed E-state index contributed by atoms with van der Waals surface area (Å²) in [5.41, 5.74) is 1.25. The number of nitrogens with zero attached hydrogens (tertiary/aromatic N) is 3. The third-order valence-corrected chi connectivity index (χ3v) is 6.87. The van der Waals surface area contributed by atoms with E-state index in [1.807, 2.05) is 25.1 Å². The van der Waals surface area contributed by atoms with Gasteiger partial charge in [0.25, 0.3) is 10.0 Å². The lowest BCUT2D eigenvalue weighted by Crippen LogP contribution is -2.45. The Labute approximate surface area is 166 Å². The first-order valence-electron chi connectivity index (χ1n) is 9.84. The molecule has 1 aliphatic heterocycles. The second kappa shape index (κ2) is 9.34. The van der Waals surface area contributed by atoms with E-state index in [-0.39, 0.29) is 23.4 Å². The summed E-state index contributed by atoms with van der Waals surface area (Å²) in [6, 6.07) is 10.2. The molecule has 1 saturated heterocycles. The number of carbonyl (C=O) groups excluding carboxylic acids is 1. The van der Waals surface area contributed by atoms with Gasteiger partial charge in [0.1, 0.15) is 0 Å². The van der Waals surface area contributed by atoms with Crippen LogP contribution in [0.15, 0.2) is 47.9 Å². The second-order valence-corrected chi connectivity index (χ2v) is 9.01. The maximum absolute atomic E-state index is 12.8. The molecule has 7 nitrogen and oxygen atoms in total. The summed E-state index contributed by atoms with van der Waals surface area (Å²) in [6.07, 6.45) is 6.22. The van der Waals surface area contributed by atoms with Gasteiger partial charge in [-0.15, -0.1) is 0 Å². The van der Waals surface area contributed by atoms with Crippen LogP contribution in [0, 0.1) is 5.92 Å². The van der Waals surface area contributed by atoms with Gasteiger partial charge in [-0.05, 0) is 38.2 Å². The number of imidazole rings is 1. The van der Waals surface area contributed by atoms with Crippen molar-refractivity contribution in [1.29, 1.82) is 0 Å². The zero-order valence-electron chi connectivity index (χ0n) is 16.3. The third kappa shape index (κ3) is 4.99. The zero-order chi connectivity index (χ0) is 20.0. The Kier molecular flexibility index (Phi) is 6.85. The van der Waals surface area contributed by atoms with E-state index in [9.17, 15) is 13.2 Å². The predicted octanol–water partition coefficient (Wildman–Crippen LogP) is 2.05. The summed E-state index contributed by atoms with van der Waals surface area (Å²) in [6.45, 7) is 3.83. The van der Waals surface area contributed by atoms with E-state index in [1.54, 1.807) is 10.8 Å². The molecule has 2 heterocycles. The van der Waals surface area contributed by atoms with Crippen molar-refractivity contribution in [2.45, 2.75) is 44.2 Å². The lowest BCUT2D eigenvalue weighted by atomic mass is 9.99. The highest BCUT2D eigenvalue weighted by molar-refractivity contribution is 7.89. The number of aryl methyl sites for hydroxylation is 2. The number of benzene rings is 1. The van der Waals surface area contributed by atoms with Gasteiger partial charge in [0.2, 0.25) is 5.91 Å². The van der Waals surface area contributed by atoms with Crippen molar-refractivity contribution >= 4 is 15.9 Å². The van der Waals surface area contributed by atoms with Crippen LogP contribution in [-0.4, -0.2) is 47.8 Å². The van der Waals surface area contributed by atoms with Crippen LogP contribution in [0.4, 0.5) is 0 Å². The van der Waals surface area contributed by atoms with Crippen molar-refractivity contribution < 1.29 is 13.2 Å². The fourth-order valence-electron chi connectivity index (χ4n) is 3.45. The van der Waals surface area contributed by atoms with Gasteiger partial charge in [-0.25, -0.2) is 13.4 Å². The number of hydrogen-bond donors (Lipinski definition) is 1. The van der Waals surface area contributed by atoms with Crippen LogP contribution in [0.2, 0.25) is 0 Å². The van der Waals surface area contributed by atoms with Crippen molar-refractivity contribution in [2.75, 3.05) is 19.6 Å². The number of sulfonamides is 1. The van der Waals surface area contributed by atoms with E-state index in [0.29, 0.717) is 32.5 Å². The van der Waals surface area contributed by atoms with Crippen LogP contribution < -0.4 is 5.32 Å². The van der Waals surface area contributed by atoms with Crippen molar-refractivity contribution in [3.8, 4) is 0 Å². The summed E-state index contributed by atoms with van der Waals surface area (Å²) in [4.78, 5) is 16.5. The molecule has 1 N–H and O–H groups in total. The Balaban J connectivity index is 1.51. The van der Waals surface area contributed by atoms with E-state index in [1.165, 1.54) is 16.2 Å². The molecule has 1 atom stereocenters. The van der Waals surface area contributed by atoms with Crippen LogP contribution in [0.1, 0.15) is 31.7 Å². The number of rotatable bonds is 8. The van der Waals surface area contributed by atoms with Gasteiger partial charge >= 0.3 is 0 Å². The molecular formula is C20H28N4O3S. The Hall–Kier alpha value is -2.19. The van der Waals surface area contributed by atoms with E-state index in [0.717, 1.165) is 12.8 Å². The van der Waals surface area contributed by atoms with Crippen molar-refractivity contribution in [3.05, 3.63) is 48.4 Å². The molecule has 2 aromatic rings. The second-order valence-electron chi connectivity index (χ2n) is 7.12. The minimum absolute atomic E-state index is 0.0540. The normalized spacial score (nSPS) is 18.1. The highest BCUT2D eigenvalue weighted by atomic mass is 32.2. The van der Waals surface area contributed by atoms with E-state index in [4.69, 9.17) is 0 Å². The Morgan fingerprint density at radius 1 is 1.29 bits per heavy atom. The standard InChI is InChI=1S/C20H28N4O3S/c1-2-23-15-19(22-16-23)28(26,27)24-13-7-11-18(14-24)20(25)21-12-6-10-17-8-4-3-5-9-17/h3-5,8-9,15-16,18H,2,6-7,10-14H2,1H3,(H,21,25). The van der Waals surface area contributed by atoms with Gasteiger partial charge < -0.3 is 9.88 Å². The van der Waals surface area contributed by atoms with Gasteiger partial charge in [-0.2, -0.15) is 4.31 Å². The summed E-state index contributed by atoms with van der Waals surface area (Å²) in [7, 11) is -3.66. The van der Waals surface area contributed by atoms with Crippen LogP contribution in [-0.2, 0) is 27.8 Å². The largest absolute Gasteiger partial charge is 0.356 e. The van der Waals surface area contributed by atoms with Crippen molar-refractivity contribution in [3.63, 3.8) is 0 Å². The Morgan fingerprint density at radius 2 is 2.07 bits per heavy atom. The SMILES string of the molecule is CCn1cnc(S(=O)(=O)N2CCCC(C(=O)NCCCc3ccccc3)C2)c1.